The van der Waals surface area contributed by atoms with E-state index in [1.807, 2.05) is 60.7 Å². The van der Waals surface area contributed by atoms with E-state index in [1.54, 1.807) is 0 Å². The molecule has 0 bridgehead atoms. The number of ether oxygens (including phenoxy) is 1. The molecular weight excluding hydrogens is 572 g/mol. The van der Waals surface area contributed by atoms with Gasteiger partial charge in [0.2, 0.25) is 0 Å². The minimum Gasteiger partial charge on any atom is -0.480 e. The lowest BCUT2D eigenvalue weighted by atomic mass is 9.76. The summed E-state index contributed by atoms with van der Waals surface area (Å²) in [6.07, 6.45) is -0.369. The van der Waals surface area contributed by atoms with Gasteiger partial charge < -0.3 is 9.84 Å². The Labute approximate surface area is 269 Å². The minimum atomic E-state index is -1.04. The Morgan fingerprint density at radius 2 is 1.24 bits per heavy atom. The number of nitrogens with zero attached hydrogens (tertiary/aromatic N) is 1. The Morgan fingerprint density at radius 3 is 1.78 bits per heavy atom. The van der Waals surface area contributed by atoms with Crippen LogP contribution in [0.2, 0.25) is 0 Å². The van der Waals surface area contributed by atoms with Crippen LogP contribution in [-0.4, -0.2) is 47.3 Å². The van der Waals surface area contributed by atoms with E-state index in [0.717, 1.165) is 44.5 Å². The third-order valence-corrected chi connectivity index (χ3v) is 9.48. The standard InChI is InChI=1S/C40H36N2O4/c1-27-20-22-30(23-21-27)40(28-12-4-2-5-13-28,29-14-6-3-7-15-29)41-31-24-37(38(43)44)42(25-31)39(45)46-26-36-34-18-10-8-16-32(34)33-17-9-11-19-35(33)36/h2-23,31,36-37,41H,24-26H2,1H3,(H,43,44)/t31-,37-/m0/s1. The molecule has 230 valence electrons. The highest BCUT2D eigenvalue weighted by Crippen LogP contribution is 2.45. The van der Waals surface area contributed by atoms with Crippen LogP contribution in [-0.2, 0) is 15.1 Å². The van der Waals surface area contributed by atoms with Gasteiger partial charge in [-0.3, -0.25) is 10.2 Å². The quantitative estimate of drug-likeness (QED) is 0.180. The fourth-order valence-electron chi connectivity index (χ4n) is 7.29. The van der Waals surface area contributed by atoms with Crippen LogP contribution in [0.4, 0.5) is 4.79 Å². The fourth-order valence-corrected chi connectivity index (χ4v) is 7.29. The number of rotatable bonds is 8. The van der Waals surface area contributed by atoms with Gasteiger partial charge in [0.05, 0.1) is 5.54 Å². The lowest BCUT2D eigenvalue weighted by molar-refractivity contribution is -0.141. The number of carbonyl (C=O) groups is 2. The zero-order chi connectivity index (χ0) is 31.7. The van der Waals surface area contributed by atoms with Crippen molar-refractivity contribution in [3.8, 4) is 11.1 Å². The molecule has 1 aliphatic heterocycles. The van der Waals surface area contributed by atoms with E-state index >= 15 is 0 Å². The molecule has 2 N–H and O–H groups in total. The second-order valence-electron chi connectivity index (χ2n) is 12.2. The Balaban J connectivity index is 1.19. The van der Waals surface area contributed by atoms with E-state index < -0.39 is 23.6 Å². The zero-order valence-corrected chi connectivity index (χ0v) is 25.7. The SMILES string of the molecule is Cc1ccc(C(N[C@H]2C[C@@H](C(=O)O)N(C(=O)OCC3c4ccccc4-c4ccccc43)C2)(c2ccccc2)c2ccccc2)cc1. The largest absolute Gasteiger partial charge is 0.480 e. The molecule has 1 amide bonds. The third kappa shape index (κ3) is 5.25. The first-order valence-corrected chi connectivity index (χ1v) is 15.8. The maximum atomic E-state index is 13.7. The molecule has 1 fully saturated rings. The molecule has 2 aliphatic rings. The van der Waals surface area contributed by atoms with E-state index in [4.69, 9.17) is 4.74 Å². The first-order chi connectivity index (χ1) is 22.5. The van der Waals surface area contributed by atoms with Crippen LogP contribution in [0.15, 0.2) is 133 Å². The summed E-state index contributed by atoms with van der Waals surface area (Å²) in [6, 6.07) is 43.8. The Bertz CT molecular complexity index is 1770. The van der Waals surface area contributed by atoms with Gasteiger partial charge in [-0.05, 0) is 52.3 Å². The number of carboxylic acids is 1. The maximum Gasteiger partial charge on any atom is 0.410 e. The minimum absolute atomic E-state index is 0.110. The van der Waals surface area contributed by atoms with Crippen molar-refractivity contribution in [2.75, 3.05) is 13.2 Å². The lowest BCUT2D eigenvalue weighted by Crippen LogP contribution is -2.50. The van der Waals surface area contributed by atoms with Crippen molar-refractivity contribution < 1.29 is 19.4 Å². The van der Waals surface area contributed by atoms with Crippen molar-refractivity contribution in [3.05, 3.63) is 167 Å². The normalized spacial score (nSPS) is 17.4. The fraction of sp³-hybridized carbons (Fsp3) is 0.200. The second-order valence-corrected chi connectivity index (χ2v) is 12.2. The number of carboxylic acid groups (broad SMARTS) is 1. The number of benzene rings is 5. The topological polar surface area (TPSA) is 78.9 Å². The van der Waals surface area contributed by atoms with E-state index in [9.17, 15) is 14.7 Å². The molecule has 0 unspecified atom stereocenters. The maximum absolute atomic E-state index is 13.7. The zero-order valence-electron chi connectivity index (χ0n) is 25.7. The van der Waals surface area contributed by atoms with Gasteiger partial charge >= 0.3 is 12.1 Å². The summed E-state index contributed by atoms with van der Waals surface area (Å²) in [4.78, 5) is 27.7. The van der Waals surface area contributed by atoms with E-state index in [0.29, 0.717) is 0 Å². The lowest BCUT2D eigenvalue weighted by Gasteiger charge is -2.39. The van der Waals surface area contributed by atoms with Gasteiger partial charge in [0.15, 0.2) is 0 Å². The van der Waals surface area contributed by atoms with Crippen molar-refractivity contribution in [2.24, 2.45) is 0 Å². The van der Waals surface area contributed by atoms with Crippen molar-refractivity contribution in [1.29, 1.82) is 0 Å². The molecule has 5 aromatic carbocycles. The molecule has 1 aliphatic carbocycles. The number of hydrogen-bond acceptors (Lipinski definition) is 4. The van der Waals surface area contributed by atoms with Crippen molar-refractivity contribution in [2.45, 2.75) is 36.9 Å². The summed E-state index contributed by atoms with van der Waals surface area (Å²) in [5.74, 6) is -1.15. The molecule has 1 saturated heterocycles. The molecular formula is C40H36N2O4. The number of aryl methyl sites for hydroxylation is 1. The summed E-state index contributed by atoms with van der Waals surface area (Å²) in [5.41, 5.74) is 7.94. The van der Waals surface area contributed by atoms with Gasteiger partial charge in [-0.1, -0.05) is 139 Å². The molecule has 46 heavy (non-hydrogen) atoms. The smallest absolute Gasteiger partial charge is 0.410 e. The molecule has 0 saturated carbocycles. The summed E-state index contributed by atoms with van der Waals surface area (Å²) in [6.45, 7) is 2.39. The van der Waals surface area contributed by atoms with Gasteiger partial charge in [-0.25, -0.2) is 9.59 Å². The molecule has 0 aromatic heterocycles. The van der Waals surface area contributed by atoms with Crippen LogP contribution < -0.4 is 5.32 Å². The summed E-state index contributed by atoms with van der Waals surface area (Å²) >= 11 is 0. The summed E-state index contributed by atoms with van der Waals surface area (Å²) in [5, 5.41) is 14.2. The predicted molar refractivity (Wildman–Crippen MR) is 179 cm³/mol. The highest BCUT2D eigenvalue weighted by atomic mass is 16.6. The molecule has 1 heterocycles. The van der Waals surface area contributed by atoms with E-state index in [-0.39, 0.29) is 31.5 Å². The van der Waals surface area contributed by atoms with Crippen LogP contribution in [0, 0.1) is 6.92 Å². The van der Waals surface area contributed by atoms with Crippen molar-refractivity contribution >= 4 is 12.1 Å². The second kappa shape index (κ2) is 12.3. The molecule has 5 aromatic rings. The predicted octanol–water partition coefficient (Wildman–Crippen LogP) is 7.35. The third-order valence-electron chi connectivity index (χ3n) is 9.48. The van der Waals surface area contributed by atoms with Gasteiger partial charge in [-0.15, -0.1) is 0 Å². The first-order valence-electron chi connectivity index (χ1n) is 15.8. The van der Waals surface area contributed by atoms with Crippen LogP contribution in [0.25, 0.3) is 11.1 Å². The summed E-state index contributed by atoms with van der Waals surface area (Å²) in [7, 11) is 0. The highest BCUT2D eigenvalue weighted by Gasteiger charge is 2.46. The first kappa shape index (κ1) is 29.5. The van der Waals surface area contributed by atoms with Gasteiger partial charge in [0.25, 0.3) is 0 Å². The average molecular weight is 609 g/mol. The summed E-state index contributed by atoms with van der Waals surface area (Å²) < 4.78 is 5.95. The monoisotopic (exact) mass is 608 g/mol. The van der Waals surface area contributed by atoms with Gasteiger partial charge in [0.1, 0.15) is 12.6 Å². The molecule has 0 radical (unpaired) electrons. The van der Waals surface area contributed by atoms with Crippen LogP contribution in [0.5, 0.6) is 0 Å². The van der Waals surface area contributed by atoms with E-state index in [1.165, 1.54) is 4.90 Å². The number of likely N-dealkylation sites (tertiary alicyclic amines) is 1. The number of fused-ring (bicyclic) bond motifs is 3. The molecule has 7 rings (SSSR count). The number of amides is 1. The Kier molecular flexibility index (Phi) is 7.89. The van der Waals surface area contributed by atoms with Crippen LogP contribution >= 0.6 is 0 Å². The van der Waals surface area contributed by atoms with Crippen molar-refractivity contribution in [1.82, 2.24) is 10.2 Å². The average Bonchev–Trinajstić information content (AvgIpc) is 3.67. The van der Waals surface area contributed by atoms with E-state index in [2.05, 4.69) is 85.0 Å². The number of carbonyl (C=O) groups excluding carboxylic acids is 1. The number of aliphatic carboxylic acids is 1. The van der Waals surface area contributed by atoms with Crippen LogP contribution in [0.1, 0.15) is 45.7 Å². The van der Waals surface area contributed by atoms with Crippen LogP contribution in [0.3, 0.4) is 0 Å². The molecule has 6 heteroatoms. The Morgan fingerprint density at radius 1 is 0.739 bits per heavy atom. The molecule has 6 nitrogen and oxygen atoms in total. The Hall–Kier alpha value is -5.20. The van der Waals surface area contributed by atoms with Gasteiger partial charge in [0, 0.05) is 18.5 Å². The molecule has 2 atom stereocenters. The number of hydrogen-bond donors (Lipinski definition) is 2. The number of nitrogens with one attached hydrogen (secondary N) is 1. The van der Waals surface area contributed by atoms with Gasteiger partial charge in [-0.2, -0.15) is 0 Å². The highest BCUT2D eigenvalue weighted by molar-refractivity contribution is 5.82. The van der Waals surface area contributed by atoms with Crippen molar-refractivity contribution in [3.63, 3.8) is 0 Å². The molecule has 0 spiro atoms.